The normalized spacial score (nSPS) is 20.2. The fraction of sp³-hybridized carbons (Fsp3) is 0.625. The van der Waals surface area contributed by atoms with Crippen molar-refractivity contribution in [3.63, 3.8) is 0 Å². The maximum atomic E-state index is 6.36. The van der Waals surface area contributed by atoms with Gasteiger partial charge in [-0.15, -0.1) is 11.8 Å². The first-order valence-electron chi connectivity index (χ1n) is 7.26. The number of hydrogen-bond acceptors (Lipinski definition) is 3. The first-order valence-corrected chi connectivity index (χ1v) is 8.20. The highest BCUT2D eigenvalue weighted by atomic mass is 32.2. The standard InChI is InChI=1S/C16H25NOS/c1-3-15(17)16(13-6-4-5-12(2)11-13)19-14-7-9-18-10-8-14/h4-6,11,14-16H,3,7-10,17H2,1-2H3. The summed E-state index contributed by atoms with van der Waals surface area (Å²) in [4.78, 5) is 0. The van der Waals surface area contributed by atoms with Crippen LogP contribution in [0.1, 0.15) is 42.6 Å². The van der Waals surface area contributed by atoms with Gasteiger partial charge in [0.1, 0.15) is 0 Å². The van der Waals surface area contributed by atoms with Crippen molar-refractivity contribution in [3.8, 4) is 0 Å². The van der Waals surface area contributed by atoms with Crippen molar-refractivity contribution in [1.29, 1.82) is 0 Å². The molecule has 19 heavy (non-hydrogen) atoms. The molecule has 0 spiro atoms. The lowest BCUT2D eigenvalue weighted by atomic mass is 10.0. The zero-order valence-electron chi connectivity index (χ0n) is 12.0. The molecule has 1 aliphatic heterocycles. The molecule has 2 unspecified atom stereocenters. The van der Waals surface area contributed by atoms with E-state index in [1.165, 1.54) is 11.1 Å². The Morgan fingerprint density at radius 1 is 1.37 bits per heavy atom. The van der Waals surface area contributed by atoms with Gasteiger partial charge in [0.05, 0.1) is 0 Å². The molecule has 1 heterocycles. The van der Waals surface area contributed by atoms with Crippen LogP contribution < -0.4 is 5.73 Å². The second kappa shape index (κ2) is 7.32. The molecule has 1 fully saturated rings. The van der Waals surface area contributed by atoms with Crippen molar-refractivity contribution in [2.24, 2.45) is 5.73 Å². The van der Waals surface area contributed by atoms with E-state index in [9.17, 15) is 0 Å². The van der Waals surface area contributed by atoms with E-state index in [-0.39, 0.29) is 6.04 Å². The Balaban J connectivity index is 2.11. The van der Waals surface area contributed by atoms with Gasteiger partial charge in [0.2, 0.25) is 0 Å². The van der Waals surface area contributed by atoms with Crippen LogP contribution in [0.15, 0.2) is 24.3 Å². The van der Waals surface area contributed by atoms with Crippen molar-refractivity contribution >= 4 is 11.8 Å². The van der Waals surface area contributed by atoms with Crippen LogP contribution in [0.5, 0.6) is 0 Å². The number of rotatable bonds is 5. The highest BCUT2D eigenvalue weighted by Gasteiger charge is 2.25. The monoisotopic (exact) mass is 279 g/mol. The van der Waals surface area contributed by atoms with E-state index in [2.05, 4.69) is 49.9 Å². The molecule has 2 nitrogen and oxygen atoms in total. The molecule has 1 aromatic rings. The van der Waals surface area contributed by atoms with E-state index in [1.54, 1.807) is 0 Å². The maximum Gasteiger partial charge on any atom is 0.0476 e. The van der Waals surface area contributed by atoms with Crippen molar-refractivity contribution in [2.45, 2.75) is 49.7 Å². The summed E-state index contributed by atoms with van der Waals surface area (Å²) in [6.45, 7) is 6.13. The second-order valence-electron chi connectivity index (χ2n) is 5.35. The van der Waals surface area contributed by atoms with Gasteiger partial charge in [-0.05, 0) is 31.7 Å². The number of benzene rings is 1. The molecule has 0 saturated carbocycles. The number of ether oxygens (including phenoxy) is 1. The number of thioether (sulfide) groups is 1. The molecule has 2 N–H and O–H groups in total. The smallest absolute Gasteiger partial charge is 0.0476 e. The molecule has 0 amide bonds. The topological polar surface area (TPSA) is 35.2 Å². The van der Waals surface area contributed by atoms with Crippen LogP contribution in [0, 0.1) is 6.92 Å². The van der Waals surface area contributed by atoms with E-state index in [0.717, 1.165) is 32.5 Å². The Morgan fingerprint density at radius 3 is 2.74 bits per heavy atom. The van der Waals surface area contributed by atoms with Crippen molar-refractivity contribution in [2.75, 3.05) is 13.2 Å². The predicted molar refractivity (Wildman–Crippen MR) is 83.6 cm³/mol. The van der Waals surface area contributed by atoms with Crippen LogP contribution in [-0.4, -0.2) is 24.5 Å². The number of nitrogens with two attached hydrogens (primary N) is 1. The third-order valence-corrected chi connectivity index (χ3v) is 5.51. The molecule has 106 valence electrons. The molecule has 1 aromatic carbocycles. The van der Waals surface area contributed by atoms with Gasteiger partial charge in [0, 0.05) is 29.8 Å². The highest BCUT2D eigenvalue weighted by Crippen LogP contribution is 2.39. The quantitative estimate of drug-likeness (QED) is 0.893. The van der Waals surface area contributed by atoms with Gasteiger partial charge in [0.15, 0.2) is 0 Å². The summed E-state index contributed by atoms with van der Waals surface area (Å²) in [6.07, 6.45) is 3.33. The Labute approximate surface area is 121 Å². The average molecular weight is 279 g/mol. The zero-order chi connectivity index (χ0) is 13.7. The summed E-state index contributed by atoms with van der Waals surface area (Å²) < 4.78 is 5.45. The molecule has 0 aromatic heterocycles. The Kier molecular flexibility index (Phi) is 5.74. The average Bonchev–Trinajstić information content (AvgIpc) is 2.45. The summed E-state index contributed by atoms with van der Waals surface area (Å²) in [6, 6.07) is 9.03. The van der Waals surface area contributed by atoms with Gasteiger partial charge in [0.25, 0.3) is 0 Å². The van der Waals surface area contributed by atoms with Crippen molar-refractivity contribution in [3.05, 3.63) is 35.4 Å². The van der Waals surface area contributed by atoms with Gasteiger partial charge in [-0.1, -0.05) is 36.8 Å². The Bertz CT molecular complexity index is 390. The maximum absolute atomic E-state index is 6.36. The minimum atomic E-state index is 0.231. The van der Waals surface area contributed by atoms with Crippen LogP contribution >= 0.6 is 11.8 Å². The lowest BCUT2D eigenvalue weighted by Gasteiger charge is -2.30. The van der Waals surface area contributed by atoms with Crippen LogP contribution in [0.4, 0.5) is 0 Å². The van der Waals surface area contributed by atoms with E-state index >= 15 is 0 Å². The second-order valence-corrected chi connectivity index (χ2v) is 6.80. The first kappa shape index (κ1) is 14.9. The fourth-order valence-corrected chi connectivity index (χ4v) is 4.08. The lowest BCUT2D eigenvalue weighted by molar-refractivity contribution is 0.0999. The molecule has 2 rings (SSSR count). The molecular formula is C16H25NOS. The third kappa shape index (κ3) is 4.23. The van der Waals surface area contributed by atoms with Crippen molar-refractivity contribution in [1.82, 2.24) is 0 Å². The van der Waals surface area contributed by atoms with Crippen LogP contribution in [0.3, 0.4) is 0 Å². The molecular weight excluding hydrogens is 254 g/mol. The number of hydrogen-bond donors (Lipinski definition) is 1. The van der Waals surface area contributed by atoms with Crippen molar-refractivity contribution < 1.29 is 4.74 Å². The summed E-state index contributed by atoms with van der Waals surface area (Å²) in [5, 5.41) is 1.10. The van der Waals surface area contributed by atoms with Gasteiger partial charge < -0.3 is 10.5 Å². The summed E-state index contributed by atoms with van der Waals surface area (Å²) in [7, 11) is 0. The molecule has 1 saturated heterocycles. The minimum Gasteiger partial charge on any atom is -0.381 e. The van der Waals surface area contributed by atoms with Crippen LogP contribution in [0.25, 0.3) is 0 Å². The van der Waals surface area contributed by atoms with Gasteiger partial charge in [-0.2, -0.15) is 0 Å². The minimum absolute atomic E-state index is 0.231. The molecule has 2 atom stereocenters. The summed E-state index contributed by atoms with van der Waals surface area (Å²) in [5.41, 5.74) is 9.06. The highest BCUT2D eigenvalue weighted by molar-refractivity contribution is 8.00. The molecule has 3 heteroatoms. The zero-order valence-corrected chi connectivity index (χ0v) is 12.8. The Morgan fingerprint density at radius 2 is 2.11 bits per heavy atom. The van der Waals surface area contributed by atoms with Crippen LogP contribution in [0.2, 0.25) is 0 Å². The van der Waals surface area contributed by atoms with Crippen LogP contribution in [-0.2, 0) is 4.74 Å². The number of aryl methyl sites for hydroxylation is 1. The molecule has 0 aliphatic carbocycles. The largest absolute Gasteiger partial charge is 0.381 e. The Hall–Kier alpha value is -0.510. The summed E-state index contributed by atoms with van der Waals surface area (Å²) in [5.74, 6) is 0. The molecule has 1 aliphatic rings. The fourth-order valence-electron chi connectivity index (χ4n) is 2.51. The SMILES string of the molecule is CCC(N)C(SC1CCOCC1)c1cccc(C)c1. The van der Waals surface area contributed by atoms with Gasteiger partial charge in [-0.25, -0.2) is 0 Å². The van der Waals surface area contributed by atoms with Gasteiger partial charge in [-0.3, -0.25) is 0 Å². The lowest BCUT2D eigenvalue weighted by Crippen LogP contribution is -2.28. The van der Waals surface area contributed by atoms with E-state index in [1.807, 2.05) is 0 Å². The molecule has 0 bridgehead atoms. The summed E-state index contributed by atoms with van der Waals surface area (Å²) >= 11 is 2.06. The van der Waals surface area contributed by atoms with E-state index < -0.39 is 0 Å². The van der Waals surface area contributed by atoms with Gasteiger partial charge >= 0.3 is 0 Å². The van der Waals surface area contributed by atoms with E-state index in [4.69, 9.17) is 10.5 Å². The third-order valence-electron chi connectivity index (χ3n) is 3.74. The predicted octanol–water partition coefficient (Wildman–Crippen LogP) is 3.69. The van der Waals surface area contributed by atoms with E-state index in [0.29, 0.717) is 10.5 Å². The molecule has 0 radical (unpaired) electrons. The first-order chi connectivity index (χ1) is 9.20.